The number of amides is 1. The van der Waals surface area contributed by atoms with Crippen molar-refractivity contribution in [2.24, 2.45) is 4.99 Å². The van der Waals surface area contributed by atoms with Crippen LogP contribution in [0.3, 0.4) is 0 Å². The molecule has 1 aromatic rings. The molecule has 1 amide bonds. The Morgan fingerprint density at radius 1 is 1.35 bits per heavy atom. The van der Waals surface area contributed by atoms with Crippen molar-refractivity contribution in [1.29, 1.82) is 0 Å². The van der Waals surface area contributed by atoms with Gasteiger partial charge in [-0.05, 0) is 26.0 Å². The van der Waals surface area contributed by atoms with Crippen LogP contribution in [0.25, 0.3) is 0 Å². The molecule has 8 heteroatoms. The molecule has 1 atom stereocenters. The van der Waals surface area contributed by atoms with Crippen LogP contribution in [-0.2, 0) is 14.3 Å². The number of nitrogens with zero attached hydrogens (tertiary/aromatic N) is 2. The van der Waals surface area contributed by atoms with Crippen LogP contribution in [0.4, 0.5) is 0 Å². The minimum absolute atomic E-state index is 0.106. The number of hydrogen-bond acceptors (Lipinski definition) is 7. The SMILES string of the molecule is CCOC(=O)C1=C(C)N=C2SCC(=O)N2[C@H]1c1ccc(OC)cc1OC. The van der Waals surface area contributed by atoms with Crippen molar-refractivity contribution in [1.82, 2.24) is 4.90 Å². The molecule has 26 heavy (non-hydrogen) atoms. The lowest BCUT2D eigenvalue weighted by molar-refractivity contribution is -0.139. The number of ether oxygens (including phenoxy) is 3. The maximum atomic E-state index is 12.7. The number of allylic oxidation sites excluding steroid dienone is 1. The highest BCUT2D eigenvalue weighted by Gasteiger charge is 2.44. The fraction of sp³-hybridized carbons (Fsp3) is 0.389. The highest BCUT2D eigenvalue weighted by Crippen LogP contribution is 2.44. The summed E-state index contributed by atoms with van der Waals surface area (Å²) < 4.78 is 16.0. The smallest absolute Gasteiger partial charge is 0.338 e. The van der Waals surface area contributed by atoms with Crippen molar-refractivity contribution in [2.75, 3.05) is 26.6 Å². The molecule has 0 unspecified atom stereocenters. The van der Waals surface area contributed by atoms with E-state index in [9.17, 15) is 9.59 Å². The molecule has 2 heterocycles. The average Bonchev–Trinajstić information content (AvgIpc) is 3.00. The zero-order valence-corrected chi connectivity index (χ0v) is 15.9. The molecule has 7 nitrogen and oxygen atoms in total. The van der Waals surface area contributed by atoms with E-state index in [2.05, 4.69) is 4.99 Å². The van der Waals surface area contributed by atoms with E-state index >= 15 is 0 Å². The van der Waals surface area contributed by atoms with Gasteiger partial charge < -0.3 is 14.2 Å². The molecule has 0 spiro atoms. The van der Waals surface area contributed by atoms with Crippen LogP contribution in [0.1, 0.15) is 25.5 Å². The predicted octanol–water partition coefficient (Wildman–Crippen LogP) is 2.53. The van der Waals surface area contributed by atoms with E-state index in [0.29, 0.717) is 33.5 Å². The third-order valence-electron chi connectivity index (χ3n) is 4.21. The summed E-state index contributed by atoms with van der Waals surface area (Å²) in [7, 11) is 3.10. The van der Waals surface area contributed by atoms with E-state index in [1.807, 2.05) is 0 Å². The van der Waals surface area contributed by atoms with Gasteiger partial charge in [0, 0.05) is 11.6 Å². The molecule has 2 aliphatic rings. The Morgan fingerprint density at radius 3 is 2.77 bits per heavy atom. The number of fused-ring (bicyclic) bond motifs is 1. The zero-order valence-electron chi connectivity index (χ0n) is 15.1. The Bertz CT molecular complexity index is 818. The molecule has 0 saturated carbocycles. The van der Waals surface area contributed by atoms with E-state index in [1.54, 1.807) is 44.1 Å². The van der Waals surface area contributed by atoms with Gasteiger partial charge in [0.1, 0.15) is 17.5 Å². The van der Waals surface area contributed by atoms with Gasteiger partial charge in [0.25, 0.3) is 0 Å². The molecular weight excluding hydrogens is 356 g/mol. The van der Waals surface area contributed by atoms with Gasteiger partial charge in [0.05, 0.1) is 37.8 Å². The summed E-state index contributed by atoms with van der Waals surface area (Å²) in [5, 5.41) is 0.586. The van der Waals surface area contributed by atoms with Crippen LogP contribution in [0, 0.1) is 0 Å². The third-order valence-corrected chi connectivity index (χ3v) is 5.15. The largest absolute Gasteiger partial charge is 0.497 e. The first-order valence-electron chi connectivity index (χ1n) is 8.15. The standard InChI is InChI=1S/C18H20N2O5S/c1-5-25-17(22)15-10(2)19-18-20(14(21)9-26-18)16(15)12-7-6-11(23-3)8-13(12)24-4/h6-8,16H,5,9H2,1-4H3/t16-/m0/s1. The second-order valence-corrected chi connectivity index (χ2v) is 6.62. The van der Waals surface area contributed by atoms with E-state index in [0.717, 1.165) is 0 Å². The van der Waals surface area contributed by atoms with Gasteiger partial charge in [-0.2, -0.15) is 0 Å². The van der Waals surface area contributed by atoms with E-state index in [4.69, 9.17) is 14.2 Å². The lowest BCUT2D eigenvalue weighted by Crippen LogP contribution is -2.39. The van der Waals surface area contributed by atoms with Crippen molar-refractivity contribution < 1.29 is 23.8 Å². The quantitative estimate of drug-likeness (QED) is 0.735. The molecule has 0 radical (unpaired) electrons. The number of amidine groups is 1. The van der Waals surface area contributed by atoms with Crippen molar-refractivity contribution >= 4 is 28.8 Å². The second kappa shape index (κ2) is 7.41. The van der Waals surface area contributed by atoms with Gasteiger partial charge >= 0.3 is 5.97 Å². The number of rotatable bonds is 5. The molecule has 2 aliphatic heterocycles. The highest BCUT2D eigenvalue weighted by molar-refractivity contribution is 8.15. The van der Waals surface area contributed by atoms with E-state index in [-0.39, 0.29) is 18.3 Å². The Labute approximate surface area is 156 Å². The normalized spacial score (nSPS) is 19.2. The highest BCUT2D eigenvalue weighted by atomic mass is 32.2. The summed E-state index contributed by atoms with van der Waals surface area (Å²) >= 11 is 1.36. The Morgan fingerprint density at radius 2 is 2.12 bits per heavy atom. The maximum absolute atomic E-state index is 12.7. The first-order valence-corrected chi connectivity index (χ1v) is 9.13. The Kier molecular flexibility index (Phi) is 5.22. The lowest BCUT2D eigenvalue weighted by Gasteiger charge is -2.33. The summed E-state index contributed by atoms with van der Waals surface area (Å²) in [5.41, 5.74) is 1.56. The number of benzene rings is 1. The minimum Gasteiger partial charge on any atom is -0.497 e. The fourth-order valence-electron chi connectivity index (χ4n) is 3.05. The van der Waals surface area contributed by atoms with Crippen LogP contribution < -0.4 is 9.47 Å². The van der Waals surface area contributed by atoms with Gasteiger partial charge in [-0.25, -0.2) is 9.79 Å². The first kappa shape index (κ1) is 18.3. The summed E-state index contributed by atoms with van der Waals surface area (Å²) in [4.78, 5) is 31.2. The molecule has 0 aliphatic carbocycles. The van der Waals surface area contributed by atoms with Crippen LogP contribution in [0.15, 0.2) is 34.5 Å². The van der Waals surface area contributed by atoms with E-state index in [1.165, 1.54) is 18.9 Å². The van der Waals surface area contributed by atoms with Crippen LogP contribution in [0.2, 0.25) is 0 Å². The molecule has 3 rings (SSSR count). The molecule has 0 N–H and O–H groups in total. The Balaban J connectivity index is 2.18. The topological polar surface area (TPSA) is 77.4 Å². The number of aliphatic imine (C=N–C) groups is 1. The van der Waals surface area contributed by atoms with Gasteiger partial charge in [-0.3, -0.25) is 9.69 Å². The van der Waals surface area contributed by atoms with Crippen molar-refractivity contribution in [2.45, 2.75) is 19.9 Å². The van der Waals surface area contributed by atoms with Gasteiger partial charge in [-0.15, -0.1) is 0 Å². The lowest BCUT2D eigenvalue weighted by atomic mass is 9.93. The fourth-order valence-corrected chi connectivity index (χ4v) is 3.99. The van der Waals surface area contributed by atoms with Gasteiger partial charge in [0.2, 0.25) is 5.91 Å². The number of methoxy groups -OCH3 is 2. The van der Waals surface area contributed by atoms with Gasteiger partial charge in [-0.1, -0.05) is 11.8 Å². The third kappa shape index (κ3) is 3.05. The Hall–Kier alpha value is -2.48. The molecule has 138 valence electrons. The number of carbonyl (C=O) groups excluding carboxylic acids is 2. The predicted molar refractivity (Wildman–Crippen MR) is 98.4 cm³/mol. The maximum Gasteiger partial charge on any atom is 0.338 e. The minimum atomic E-state index is -0.648. The van der Waals surface area contributed by atoms with Crippen LogP contribution >= 0.6 is 11.8 Å². The first-order chi connectivity index (χ1) is 12.5. The molecule has 0 aromatic heterocycles. The average molecular weight is 376 g/mol. The molecule has 1 fully saturated rings. The van der Waals surface area contributed by atoms with Crippen LogP contribution in [-0.4, -0.2) is 48.5 Å². The molecule has 1 saturated heterocycles. The summed E-state index contributed by atoms with van der Waals surface area (Å²) in [6.45, 7) is 3.73. The number of hydrogen-bond donors (Lipinski definition) is 0. The number of esters is 1. The molecule has 1 aromatic carbocycles. The van der Waals surface area contributed by atoms with Gasteiger partial charge in [0.15, 0.2) is 5.17 Å². The summed E-state index contributed by atoms with van der Waals surface area (Å²) in [5.74, 6) is 0.842. The van der Waals surface area contributed by atoms with Crippen molar-refractivity contribution in [3.05, 3.63) is 35.0 Å². The zero-order chi connectivity index (χ0) is 18.8. The second-order valence-electron chi connectivity index (χ2n) is 5.68. The summed E-state index contributed by atoms with van der Waals surface area (Å²) in [6, 6.07) is 4.65. The van der Waals surface area contributed by atoms with Crippen molar-refractivity contribution in [3.8, 4) is 11.5 Å². The van der Waals surface area contributed by atoms with Crippen LogP contribution in [0.5, 0.6) is 11.5 Å². The van der Waals surface area contributed by atoms with E-state index < -0.39 is 12.0 Å². The summed E-state index contributed by atoms with van der Waals surface area (Å²) in [6.07, 6.45) is 0. The number of carbonyl (C=O) groups is 2. The van der Waals surface area contributed by atoms with Crippen molar-refractivity contribution in [3.63, 3.8) is 0 Å². The molecule has 0 bridgehead atoms. The molecular formula is C18H20N2O5S. The number of thioether (sulfide) groups is 1. The monoisotopic (exact) mass is 376 g/mol.